The van der Waals surface area contributed by atoms with Crippen LogP contribution in [0.2, 0.25) is 0 Å². The quantitative estimate of drug-likeness (QED) is 0.493. The molecule has 0 amide bonds. The summed E-state index contributed by atoms with van der Waals surface area (Å²) in [5.74, 6) is -3.95. The van der Waals surface area contributed by atoms with E-state index in [2.05, 4.69) is 0 Å². The Morgan fingerprint density at radius 3 is 1.65 bits per heavy atom. The molecule has 0 atom stereocenters. The molecule has 0 aliphatic rings. The first-order valence-corrected chi connectivity index (χ1v) is 6.33. The molecule has 23 heavy (non-hydrogen) atoms. The Hall–Kier alpha value is -3.16. The van der Waals surface area contributed by atoms with E-state index in [1.165, 1.54) is 18.2 Å². The molecule has 0 unspecified atom stereocenters. The zero-order valence-electron chi connectivity index (χ0n) is 12.6. The van der Waals surface area contributed by atoms with Crippen molar-refractivity contribution in [3.63, 3.8) is 0 Å². The summed E-state index contributed by atoms with van der Waals surface area (Å²) in [6, 6.07) is 2.54. The summed E-state index contributed by atoms with van der Waals surface area (Å²) in [6.07, 6.45) is 2.04. The summed E-state index contributed by atoms with van der Waals surface area (Å²) in [7, 11) is 0. The van der Waals surface area contributed by atoms with Crippen LogP contribution in [-0.2, 0) is 19.2 Å². The van der Waals surface area contributed by atoms with Gasteiger partial charge in [0.15, 0.2) is 11.5 Å². The van der Waals surface area contributed by atoms with E-state index in [1.54, 1.807) is 0 Å². The van der Waals surface area contributed by atoms with Crippen molar-refractivity contribution in [2.75, 3.05) is 0 Å². The predicted octanol–water partition coefficient (Wildman–Crippen LogP) is 1.56. The fourth-order valence-corrected chi connectivity index (χ4v) is 1.57. The molecule has 122 valence electrons. The molecule has 0 fully saturated rings. The van der Waals surface area contributed by atoms with Gasteiger partial charge in [0.25, 0.3) is 0 Å². The van der Waals surface area contributed by atoms with Gasteiger partial charge in [-0.2, -0.15) is 0 Å². The number of hydrogen-bond donors (Lipinski definition) is 1. The number of hydrogen-bond acceptors (Lipinski definition) is 7. The van der Waals surface area contributed by atoms with Gasteiger partial charge in [0.2, 0.25) is 5.75 Å². The van der Waals surface area contributed by atoms with E-state index in [4.69, 9.17) is 19.3 Å². The molecule has 0 radical (unpaired) electrons. The average Bonchev–Trinajstić information content (AvgIpc) is 2.38. The van der Waals surface area contributed by atoms with Crippen LogP contribution in [0.4, 0.5) is 0 Å². The van der Waals surface area contributed by atoms with Crippen LogP contribution in [0.5, 0.6) is 17.2 Å². The third-order valence-corrected chi connectivity index (χ3v) is 2.21. The van der Waals surface area contributed by atoms with Crippen LogP contribution in [0.25, 0.3) is 6.08 Å². The molecule has 1 aromatic rings. The fraction of sp³-hybridized carbons (Fsp3) is 0.200. The Kier molecular flexibility index (Phi) is 6.02. The number of esters is 3. The van der Waals surface area contributed by atoms with Crippen LogP contribution in [0.1, 0.15) is 26.3 Å². The fourth-order valence-electron chi connectivity index (χ4n) is 1.57. The van der Waals surface area contributed by atoms with E-state index in [0.29, 0.717) is 0 Å². The van der Waals surface area contributed by atoms with Crippen molar-refractivity contribution in [2.45, 2.75) is 20.8 Å². The minimum atomic E-state index is -1.20. The van der Waals surface area contributed by atoms with Crippen LogP contribution < -0.4 is 14.2 Å². The van der Waals surface area contributed by atoms with Crippen molar-refractivity contribution in [1.82, 2.24) is 0 Å². The molecule has 0 saturated heterocycles. The Bertz CT molecular complexity index is 650. The maximum atomic E-state index is 11.2. The molecule has 8 heteroatoms. The molecular formula is C15H14O8. The molecule has 8 nitrogen and oxygen atoms in total. The minimum absolute atomic E-state index is 0.184. The summed E-state index contributed by atoms with van der Waals surface area (Å²) in [4.78, 5) is 44.1. The zero-order valence-corrected chi connectivity index (χ0v) is 12.6. The Labute approximate surface area is 131 Å². The van der Waals surface area contributed by atoms with Crippen LogP contribution in [0.3, 0.4) is 0 Å². The largest absolute Gasteiger partial charge is 0.478 e. The van der Waals surface area contributed by atoms with Gasteiger partial charge >= 0.3 is 23.9 Å². The second-order valence-corrected chi connectivity index (χ2v) is 4.30. The Morgan fingerprint density at radius 1 is 0.870 bits per heavy atom. The number of rotatable bonds is 5. The number of benzene rings is 1. The van der Waals surface area contributed by atoms with Crippen molar-refractivity contribution in [2.24, 2.45) is 0 Å². The number of carboxylic acid groups (broad SMARTS) is 1. The molecule has 0 bridgehead atoms. The van der Waals surface area contributed by atoms with E-state index in [9.17, 15) is 19.2 Å². The van der Waals surface area contributed by atoms with Gasteiger partial charge < -0.3 is 19.3 Å². The number of aliphatic carboxylic acids is 1. The highest BCUT2D eigenvalue weighted by molar-refractivity contribution is 5.86. The SMILES string of the molecule is CC(=O)Oc1cc(/C=C/C(=O)O)cc(OC(C)=O)c1OC(C)=O. The van der Waals surface area contributed by atoms with E-state index >= 15 is 0 Å². The molecule has 1 aromatic carbocycles. The van der Waals surface area contributed by atoms with E-state index in [1.807, 2.05) is 0 Å². The van der Waals surface area contributed by atoms with Crippen molar-refractivity contribution in [3.8, 4) is 17.2 Å². The van der Waals surface area contributed by atoms with Gasteiger partial charge in [0.1, 0.15) is 0 Å². The molecule has 0 aliphatic heterocycles. The van der Waals surface area contributed by atoms with E-state index in [0.717, 1.165) is 26.8 Å². The number of carbonyl (C=O) groups excluding carboxylic acids is 3. The maximum absolute atomic E-state index is 11.2. The lowest BCUT2D eigenvalue weighted by Gasteiger charge is -2.14. The third-order valence-electron chi connectivity index (χ3n) is 2.21. The highest BCUT2D eigenvalue weighted by Crippen LogP contribution is 2.39. The highest BCUT2D eigenvalue weighted by atomic mass is 16.6. The van der Waals surface area contributed by atoms with Crippen LogP contribution in [0.15, 0.2) is 18.2 Å². The van der Waals surface area contributed by atoms with Crippen molar-refractivity contribution in [3.05, 3.63) is 23.8 Å². The van der Waals surface area contributed by atoms with Gasteiger partial charge in [-0.15, -0.1) is 0 Å². The lowest BCUT2D eigenvalue weighted by molar-refractivity contribution is -0.135. The van der Waals surface area contributed by atoms with Gasteiger partial charge in [0.05, 0.1) is 0 Å². The monoisotopic (exact) mass is 322 g/mol. The summed E-state index contributed by atoms with van der Waals surface area (Å²) in [5.41, 5.74) is 0.260. The van der Waals surface area contributed by atoms with Gasteiger partial charge in [-0.1, -0.05) is 0 Å². The second-order valence-electron chi connectivity index (χ2n) is 4.30. The Morgan fingerprint density at radius 2 is 1.30 bits per heavy atom. The smallest absolute Gasteiger partial charge is 0.328 e. The molecule has 0 aliphatic carbocycles. The van der Waals surface area contributed by atoms with Crippen LogP contribution in [0, 0.1) is 0 Å². The Balaban J connectivity index is 3.48. The molecule has 1 N–H and O–H groups in total. The van der Waals surface area contributed by atoms with Crippen molar-refractivity contribution >= 4 is 30.0 Å². The number of carbonyl (C=O) groups is 4. The second kappa shape index (κ2) is 7.74. The van der Waals surface area contributed by atoms with E-state index in [-0.39, 0.29) is 22.8 Å². The summed E-state index contributed by atoms with van der Waals surface area (Å²) >= 11 is 0. The third kappa shape index (κ3) is 6.00. The van der Waals surface area contributed by atoms with E-state index < -0.39 is 23.9 Å². The van der Waals surface area contributed by atoms with Crippen LogP contribution in [-0.4, -0.2) is 29.0 Å². The molecule has 0 spiro atoms. The summed E-state index contributed by atoms with van der Waals surface area (Å²) in [6.45, 7) is 3.37. The maximum Gasteiger partial charge on any atom is 0.328 e. The first-order valence-electron chi connectivity index (χ1n) is 6.33. The van der Waals surface area contributed by atoms with Crippen molar-refractivity contribution < 1.29 is 38.5 Å². The zero-order chi connectivity index (χ0) is 17.6. The summed E-state index contributed by atoms with van der Waals surface area (Å²) < 4.78 is 14.8. The average molecular weight is 322 g/mol. The number of ether oxygens (including phenoxy) is 3. The van der Waals surface area contributed by atoms with Crippen molar-refractivity contribution in [1.29, 1.82) is 0 Å². The molecule has 1 rings (SSSR count). The molecule has 0 saturated carbocycles. The first kappa shape index (κ1) is 17.9. The van der Waals surface area contributed by atoms with Crippen LogP contribution >= 0.6 is 0 Å². The van der Waals surface area contributed by atoms with Gasteiger partial charge in [-0.3, -0.25) is 14.4 Å². The predicted molar refractivity (Wildman–Crippen MR) is 77.0 cm³/mol. The normalized spacial score (nSPS) is 10.2. The van der Waals surface area contributed by atoms with Gasteiger partial charge in [0, 0.05) is 26.8 Å². The lowest BCUT2D eigenvalue weighted by atomic mass is 10.1. The topological polar surface area (TPSA) is 116 Å². The lowest BCUT2D eigenvalue weighted by Crippen LogP contribution is -2.10. The van der Waals surface area contributed by atoms with Gasteiger partial charge in [-0.25, -0.2) is 4.79 Å². The molecule has 0 heterocycles. The number of carboxylic acids is 1. The molecular weight excluding hydrogens is 308 g/mol. The summed E-state index contributed by atoms with van der Waals surface area (Å²) in [5, 5.41) is 8.65. The standard InChI is InChI=1S/C15H14O8/c1-8(16)21-12-6-11(4-5-14(19)20)7-13(22-9(2)17)15(12)23-10(3)18/h4-7H,1-3H3,(H,19,20)/b5-4+. The van der Waals surface area contributed by atoms with Gasteiger partial charge in [-0.05, 0) is 23.8 Å². The first-order chi connectivity index (χ1) is 10.7. The highest BCUT2D eigenvalue weighted by Gasteiger charge is 2.19. The molecule has 0 aromatic heterocycles. The minimum Gasteiger partial charge on any atom is -0.478 e.